The normalized spacial score (nSPS) is 22.7. The smallest absolute Gasteiger partial charge is 0.108 e. The van der Waals surface area contributed by atoms with Gasteiger partial charge in [-0.05, 0) is 29.7 Å². The molecule has 0 spiro atoms. The molecule has 19 heavy (non-hydrogen) atoms. The van der Waals surface area contributed by atoms with E-state index in [2.05, 4.69) is 60.2 Å². The zero-order valence-electron chi connectivity index (χ0n) is 11.5. The monoisotopic (exact) mass is 292 g/mol. The molecule has 0 radical (unpaired) electrons. The van der Waals surface area contributed by atoms with E-state index in [9.17, 15) is 0 Å². The van der Waals surface area contributed by atoms with E-state index in [0.29, 0.717) is 11.5 Å². The van der Waals surface area contributed by atoms with Gasteiger partial charge in [0.2, 0.25) is 0 Å². The Morgan fingerprint density at radius 2 is 2.21 bits per heavy atom. The second kappa shape index (κ2) is 5.43. The summed E-state index contributed by atoms with van der Waals surface area (Å²) in [5.74, 6) is 2.51. The van der Waals surface area contributed by atoms with E-state index in [1.165, 1.54) is 27.6 Å². The second-order valence-electron chi connectivity index (χ2n) is 6.04. The van der Waals surface area contributed by atoms with Crippen LogP contribution in [0.2, 0.25) is 0 Å². The van der Waals surface area contributed by atoms with Gasteiger partial charge in [0.25, 0.3) is 0 Å². The van der Waals surface area contributed by atoms with Crippen molar-refractivity contribution in [2.24, 2.45) is 5.41 Å². The van der Waals surface area contributed by atoms with E-state index < -0.39 is 0 Å². The Bertz CT molecular complexity index is 529. The molecular formula is C15H20N2S2. The minimum atomic E-state index is 0.466. The van der Waals surface area contributed by atoms with Crippen LogP contribution in [0.3, 0.4) is 0 Å². The number of benzene rings is 1. The van der Waals surface area contributed by atoms with Gasteiger partial charge >= 0.3 is 0 Å². The van der Waals surface area contributed by atoms with Crippen LogP contribution in [0.5, 0.6) is 0 Å². The molecule has 0 aliphatic carbocycles. The van der Waals surface area contributed by atoms with Gasteiger partial charge in [0.15, 0.2) is 0 Å². The Morgan fingerprint density at radius 3 is 3.00 bits per heavy atom. The minimum Gasteiger partial charge on any atom is -0.307 e. The summed E-state index contributed by atoms with van der Waals surface area (Å²) in [5, 5.41) is 4.88. The third-order valence-electron chi connectivity index (χ3n) is 3.49. The third kappa shape index (κ3) is 3.30. The van der Waals surface area contributed by atoms with Crippen LogP contribution in [0.4, 0.5) is 0 Å². The van der Waals surface area contributed by atoms with E-state index >= 15 is 0 Å². The summed E-state index contributed by atoms with van der Waals surface area (Å²) in [4.78, 5) is 4.68. The molecule has 1 N–H and O–H groups in total. The molecule has 1 saturated heterocycles. The van der Waals surface area contributed by atoms with Crippen LogP contribution in [0, 0.1) is 5.41 Å². The molecule has 1 aliphatic rings. The number of nitrogens with one attached hydrogen (secondary N) is 1. The van der Waals surface area contributed by atoms with Crippen molar-refractivity contribution >= 4 is 33.3 Å². The molecule has 1 fully saturated rings. The summed E-state index contributed by atoms with van der Waals surface area (Å²) < 4.78 is 1.29. The van der Waals surface area contributed by atoms with Crippen LogP contribution in [-0.4, -0.2) is 22.5 Å². The Hall–Kier alpha value is -0.580. The van der Waals surface area contributed by atoms with Crippen molar-refractivity contribution in [2.45, 2.75) is 32.9 Å². The Morgan fingerprint density at radius 1 is 1.37 bits per heavy atom. The topological polar surface area (TPSA) is 24.9 Å². The van der Waals surface area contributed by atoms with Crippen molar-refractivity contribution in [3.63, 3.8) is 0 Å². The molecule has 1 aromatic carbocycles. The van der Waals surface area contributed by atoms with Gasteiger partial charge in [-0.3, -0.25) is 0 Å². The summed E-state index contributed by atoms with van der Waals surface area (Å²) in [5.41, 5.74) is 1.59. The van der Waals surface area contributed by atoms with Crippen molar-refractivity contribution in [3.05, 3.63) is 29.3 Å². The molecule has 0 amide bonds. The maximum absolute atomic E-state index is 4.68. The number of thioether (sulfide) groups is 1. The lowest BCUT2D eigenvalue weighted by atomic mass is 9.88. The molecule has 1 unspecified atom stereocenters. The number of hydrogen-bond acceptors (Lipinski definition) is 4. The number of aromatic nitrogens is 1. The lowest BCUT2D eigenvalue weighted by molar-refractivity contribution is 0.317. The summed E-state index contributed by atoms with van der Waals surface area (Å²) in [6.45, 7) is 5.64. The summed E-state index contributed by atoms with van der Waals surface area (Å²) >= 11 is 3.88. The predicted molar refractivity (Wildman–Crippen MR) is 86.0 cm³/mol. The SMILES string of the molecule is CC1(C)CSCC(NCc2nc3ccccc3s2)C1. The zero-order chi connectivity index (χ0) is 13.3. The molecule has 2 aromatic rings. The van der Waals surface area contributed by atoms with Crippen LogP contribution >= 0.6 is 23.1 Å². The molecule has 1 aliphatic heterocycles. The highest BCUT2D eigenvalue weighted by atomic mass is 32.2. The number of thiazole rings is 1. The molecular weight excluding hydrogens is 272 g/mol. The first-order valence-corrected chi connectivity index (χ1v) is 8.75. The number of para-hydroxylation sites is 1. The number of fused-ring (bicyclic) bond motifs is 1. The van der Waals surface area contributed by atoms with Crippen molar-refractivity contribution in [3.8, 4) is 0 Å². The summed E-state index contributed by atoms with van der Waals surface area (Å²) in [6, 6.07) is 9.00. The maximum atomic E-state index is 4.68. The maximum Gasteiger partial charge on any atom is 0.108 e. The predicted octanol–water partition coefficient (Wildman–Crippen LogP) is 3.92. The molecule has 1 aromatic heterocycles. The van der Waals surface area contributed by atoms with Gasteiger partial charge in [0.1, 0.15) is 5.01 Å². The Labute approximate surface area is 123 Å². The van der Waals surface area contributed by atoms with E-state index in [0.717, 1.165) is 12.1 Å². The first-order valence-electron chi connectivity index (χ1n) is 6.78. The van der Waals surface area contributed by atoms with E-state index in [4.69, 9.17) is 0 Å². The first kappa shape index (κ1) is 13.4. The van der Waals surface area contributed by atoms with Gasteiger partial charge in [0, 0.05) is 18.3 Å². The quantitative estimate of drug-likeness (QED) is 0.928. The average molecular weight is 292 g/mol. The number of rotatable bonds is 3. The fourth-order valence-corrected chi connectivity index (χ4v) is 4.85. The van der Waals surface area contributed by atoms with Gasteiger partial charge in [0.05, 0.1) is 10.2 Å². The molecule has 1 atom stereocenters. The van der Waals surface area contributed by atoms with Gasteiger partial charge in [-0.15, -0.1) is 11.3 Å². The van der Waals surface area contributed by atoms with Crippen LogP contribution in [-0.2, 0) is 6.54 Å². The van der Waals surface area contributed by atoms with Crippen LogP contribution in [0.1, 0.15) is 25.3 Å². The van der Waals surface area contributed by atoms with Crippen molar-refractivity contribution < 1.29 is 0 Å². The van der Waals surface area contributed by atoms with Gasteiger partial charge in [-0.1, -0.05) is 26.0 Å². The van der Waals surface area contributed by atoms with E-state index in [-0.39, 0.29) is 0 Å². The van der Waals surface area contributed by atoms with Crippen LogP contribution in [0.25, 0.3) is 10.2 Å². The zero-order valence-corrected chi connectivity index (χ0v) is 13.1. The second-order valence-corrected chi connectivity index (χ2v) is 8.18. The number of nitrogens with zero attached hydrogens (tertiary/aromatic N) is 1. The fourth-order valence-electron chi connectivity index (χ4n) is 2.62. The van der Waals surface area contributed by atoms with E-state index in [1.54, 1.807) is 11.3 Å². The number of hydrogen-bond donors (Lipinski definition) is 1. The highest BCUT2D eigenvalue weighted by Gasteiger charge is 2.28. The van der Waals surface area contributed by atoms with Gasteiger partial charge < -0.3 is 5.32 Å². The molecule has 102 valence electrons. The third-order valence-corrected chi connectivity index (χ3v) is 6.15. The molecule has 2 nitrogen and oxygen atoms in total. The fraction of sp³-hybridized carbons (Fsp3) is 0.533. The van der Waals surface area contributed by atoms with Crippen molar-refractivity contribution in [2.75, 3.05) is 11.5 Å². The largest absolute Gasteiger partial charge is 0.307 e. The van der Waals surface area contributed by atoms with Crippen LogP contribution in [0.15, 0.2) is 24.3 Å². The van der Waals surface area contributed by atoms with Gasteiger partial charge in [-0.2, -0.15) is 11.8 Å². The van der Waals surface area contributed by atoms with Crippen molar-refractivity contribution in [1.29, 1.82) is 0 Å². The summed E-state index contributed by atoms with van der Waals surface area (Å²) in [7, 11) is 0. The van der Waals surface area contributed by atoms with E-state index in [1.807, 2.05) is 0 Å². The van der Waals surface area contributed by atoms with Crippen molar-refractivity contribution in [1.82, 2.24) is 10.3 Å². The summed E-state index contributed by atoms with van der Waals surface area (Å²) in [6.07, 6.45) is 1.27. The molecule has 0 bridgehead atoms. The standard InChI is InChI=1S/C15H20N2S2/c1-15(2)7-11(9-18-10-15)16-8-14-17-12-5-3-4-6-13(12)19-14/h3-6,11,16H,7-10H2,1-2H3. The average Bonchev–Trinajstić information content (AvgIpc) is 2.78. The first-order chi connectivity index (χ1) is 9.12. The van der Waals surface area contributed by atoms with Gasteiger partial charge in [-0.25, -0.2) is 4.98 Å². The highest BCUT2D eigenvalue weighted by molar-refractivity contribution is 7.99. The molecule has 2 heterocycles. The molecule has 4 heteroatoms. The highest BCUT2D eigenvalue weighted by Crippen LogP contribution is 2.33. The Kier molecular flexibility index (Phi) is 3.83. The molecule has 3 rings (SSSR count). The minimum absolute atomic E-state index is 0.466. The lowest BCUT2D eigenvalue weighted by Gasteiger charge is -2.35. The molecule has 0 saturated carbocycles. The van der Waals surface area contributed by atoms with Crippen LogP contribution < -0.4 is 5.32 Å². The lowest BCUT2D eigenvalue weighted by Crippen LogP contribution is -2.39. The Balaban J connectivity index is 1.62.